The average Bonchev–Trinajstić information content (AvgIpc) is 3.25. The molecule has 0 spiro atoms. The third kappa shape index (κ3) is 2.94. The number of piperidine rings is 1. The number of amides is 1. The quantitative estimate of drug-likeness (QED) is 0.803. The van der Waals surface area contributed by atoms with Crippen LogP contribution >= 0.6 is 0 Å². The highest BCUT2D eigenvalue weighted by atomic mass is 16.1. The monoisotopic (exact) mass is 311 g/mol. The molecule has 4 rings (SSSR count). The maximum atomic E-state index is 12.5. The largest absolute Gasteiger partial charge is 0.353 e. The summed E-state index contributed by atoms with van der Waals surface area (Å²) in [5.41, 5.74) is 2.47. The minimum atomic E-state index is -0.000753. The van der Waals surface area contributed by atoms with Crippen molar-refractivity contribution in [2.24, 2.45) is 13.0 Å². The molecule has 1 saturated carbocycles. The first kappa shape index (κ1) is 14.3. The molecule has 1 aliphatic carbocycles. The Morgan fingerprint density at radius 1 is 1.35 bits per heavy atom. The second-order valence-electron chi connectivity index (χ2n) is 6.54. The molecule has 2 heterocycles. The van der Waals surface area contributed by atoms with Gasteiger partial charge in [0.25, 0.3) is 5.91 Å². The van der Waals surface area contributed by atoms with Crippen LogP contribution in [0.1, 0.15) is 23.2 Å². The van der Waals surface area contributed by atoms with Crippen LogP contribution in [-0.4, -0.2) is 34.3 Å². The molecule has 2 aromatic rings. The van der Waals surface area contributed by atoms with Crippen molar-refractivity contribution in [3.63, 3.8) is 0 Å². The Balaban J connectivity index is 1.44. The molecule has 3 atom stereocenters. The molecule has 3 N–H and O–H groups in total. The van der Waals surface area contributed by atoms with Crippen molar-refractivity contribution in [3.8, 4) is 0 Å². The van der Waals surface area contributed by atoms with Gasteiger partial charge in [-0.3, -0.25) is 9.48 Å². The van der Waals surface area contributed by atoms with Gasteiger partial charge >= 0.3 is 0 Å². The number of nitrogens with zero attached hydrogens (tertiary/aromatic N) is 2. The molecule has 1 aromatic heterocycles. The molecule has 1 saturated heterocycles. The molecule has 1 aliphatic heterocycles. The lowest BCUT2D eigenvalue weighted by atomic mass is 10.1. The van der Waals surface area contributed by atoms with Crippen molar-refractivity contribution >= 4 is 17.3 Å². The second kappa shape index (κ2) is 5.70. The zero-order valence-corrected chi connectivity index (χ0v) is 13.1. The predicted molar refractivity (Wildman–Crippen MR) is 88.7 cm³/mol. The zero-order chi connectivity index (χ0) is 15.8. The van der Waals surface area contributed by atoms with Crippen LogP contribution in [0.3, 0.4) is 0 Å². The highest BCUT2D eigenvalue weighted by Crippen LogP contribution is 2.31. The molecule has 120 valence electrons. The molecule has 6 nitrogen and oxygen atoms in total. The normalized spacial score (nSPS) is 25.5. The second-order valence-corrected chi connectivity index (χ2v) is 6.54. The predicted octanol–water partition coefficient (Wildman–Crippen LogP) is 1.64. The third-order valence-corrected chi connectivity index (χ3v) is 4.76. The van der Waals surface area contributed by atoms with Crippen LogP contribution in [0.2, 0.25) is 0 Å². The summed E-state index contributed by atoms with van der Waals surface area (Å²) >= 11 is 0. The summed E-state index contributed by atoms with van der Waals surface area (Å²) < 4.78 is 1.74. The molecule has 23 heavy (non-hydrogen) atoms. The molecule has 6 heteroatoms. The van der Waals surface area contributed by atoms with Gasteiger partial charge in [0.2, 0.25) is 0 Å². The van der Waals surface area contributed by atoms with E-state index >= 15 is 0 Å². The topological polar surface area (TPSA) is 71.0 Å². The van der Waals surface area contributed by atoms with E-state index in [4.69, 9.17) is 0 Å². The first-order chi connectivity index (χ1) is 11.2. The fourth-order valence-electron chi connectivity index (χ4n) is 3.66. The van der Waals surface area contributed by atoms with Gasteiger partial charge in [-0.15, -0.1) is 0 Å². The molecule has 3 unspecified atom stereocenters. The standard InChI is InChI=1S/C17H21N5O/c1-22-10-14(9-19-22)20-13-4-2-3-12(7-13)17(23)21-16-6-11-5-15(16)18-8-11/h2-4,7,9-11,15-16,18,20H,5-6,8H2,1H3,(H,21,23). The summed E-state index contributed by atoms with van der Waals surface area (Å²) in [5.74, 6) is 0.725. The van der Waals surface area contributed by atoms with E-state index in [-0.39, 0.29) is 11.9 Å². The van der Waals surface area contributed by atoms with Gasteiger partial charge in [0.1, 0.15) is 0 Å². The number of aryl methyl sites for hydroxylation is 1. The van der Waals surface area contributed by atoms with Crippen LogP contribution in [0, 0.1) is 5.92 Å². The number of benzene rings is 1. The number of rotatable bonds is 4. The van der Waals surface area contributed by atoms with Crippen molar-refractivity contribution in [1.29, 1.82) is 0 Å². The number of nitrogens with one attached hydrogen (secondary N) is 3. The SMILES string of the molecule is Cn1cc(Nc2cccc(C(=O)NC3CC4CNC3C4)c2)cn1. The number of aromatic nitrogens is 2. The van der Waals surface area contributed by atoms with Gasteiger partial charge in [-0.2, -0.15) is 5.10 Å². The van der Waals surface area contributed by atoms with Gasteiger partial charge in [-0.25, -0.2) is 0 Å². The summed E-state index contributed by atoms with van der Waals surface area (Å²) in [4.78, 5) is 12.5. The highest BCUT2D eigenvalue weighted by molar-refractivity contribution is 5.95. The number of hydrogen-bond donors (Lipinski definition) is 3. The fourth-order valence-corrected chi connectivity index (χ4v) is 3.66. The Morgan fingerprint density at radius 3 is 2.96 bits per heavy atom. The molecular weight excluding hydrogens is 290 g/mol. The van der Waals surface area contributed by atoms with Crippen LogP contribution < -0.4 is 16.0 Å². The van der Waals surface area contributed by atoms with Crippen molar-refractivity contribution in [2.75, 3.05) is 11.9 Å². The van der Waals surface area contributed by atoms with E-state index < -0.39 is 0 Å². The lowest BCUT2D eigenvalue weighted by Gasteiger charge is -2.24. The molecule has 2 bridgehead atoms. The van der Waals surface area contributed by atoms with E-state index in [0.29, 0.717) is 11.6 Å². The first-order valence-corrected chi connectivity index (χ1v) is 8.07. The number of fused-ring (bicyclic) bond motifs is 2. The van der Waals surface area contributed by atoms with E-state index in [0.717, 1.165) is 30.3 Å². The Kier molecular flexibility index (Phi) is 3.53. The molecule has 0 radical (unpaired) electrons. The first-order valence-electron chi connectivity index (χ1n) is 8.07. The number of hydrogen-bond acceptors (Lipinski definition) is 4. The van der Waals surface area contributed by atoms with Crippen LogP contribution in [0.5, 0.6) is 0 Å². The van der Waals surface area contributed by atoms with E-state index in [9.17, 15) is 4.79 Å². The summed E-state index contributed by atoms with van der Waals surface area (Å²) in [6, 6.07) is 8.28. The third-order valence-electron chi connectivity index (χ3n) is 4.76. The van der Waals surface area contributed by atoms with Crippen molar-refractivity contribution < 1.29 is 4.79 Å². The fraction of sp³-hybridized carbons (Fsp3) is 0.412. The van der Waals surface area contributed by atoms with Gasteiger partial charge in [-0.1, -0.05) is 6.07 Å². The van der Waals surface area contributed by atoms with Crippen molar-refractivity contribution in [3.05, 3.63) is 42.2 Å². The van der Waals surface area contributed by atoms with E-state index in [1.165, 1.54) is 6.42 Å². The zero-order valence-electron chi connectivity index (χ0n) is 13.1. The number of carbonyl (C=O) groups is 1. The Labute approximate surface area is 135 Å². The summed E-state index contributed by atoms with van der Waals surface area (Å²) in [5, 5.41) is 14.0. The van der Waals surface area contributed by atoms with Gasteiger partial charge in [-0.05, 0) is 43.5 Å². The number of anilines is 2. The molecule has 1 amide bonds. The van der Waals surface area contributed by atoms with Crippen molar-refractivity contribution in [1.82, 2.24) is 20.4 Å². The Bertz CT molecular complexity index is 725. The molecule has 2 fully saturated rings. The highest BCUT2D eigenvalue weighted by Gasteiger charge is 2.39. The Morgan fingerprint density at radius 2 is 2.26 bits per heavy atom. The maximum absolute atomic E-state index is 12.5. The molecular formula is C17H21N5O. The minimum absolute atomic E-state index is 0.000753. The van der Waals surface area contributed by atoms with Gasteiger partial charge in [0.05, 0.1) is 11.9 Å². The molecule has 1 aromatic carbocycles. The van der Waals surface area contributed by atoms with Crippen LogP contribution in [0.4, 0.5) is 11.4 Å². The Hall–Kier alpha value is -2.34. The van der Waals surface area contributed by atoms with Crippen molar-refractivity contribution in [2.45, 2.75) is 24.9 Å². The van der Waals surface area contributed by atoms with Crippen LogP contribution in [-0.2, 0) is 7.05 Å². The average molecular weight is 311 g/mol. The summed E-state index contributed by atoms with van der Waals surface area (Å²) in [7, 11) is 1.87. The summed E-state index contributed by atoms with van der Waals surface area (Å²) in [6.07, 6.45) is 5.94. The minimum Gasteiger partial charge on any atom is -0.353 e. The van der Waals surface area contributed by atoms with Gasteiger partial charge in [0.15, 0.2) is 0 Å². The maximum Gasteiger partial charge on any atom is 0.251 e. The summed E-state index contributed by atoms with van der Waals surface area (Å²) in [6.45, 7) is 1.10. The van der Waals surface area contributed by atoms with E-state index in [1.54, 1.807) is 10.9 Å². The van der Waals surface area contributed by atoms with Gasteiger partial charge < -0.3 is 16.0 Å². The van der Waals surface area contributed by atoms with Crippen LogP contribution in [0.25, 0.3) is 0 Å². The van der Waals surface area contributed by atoms with Gasteiger partial charge in [0, 0.05) is 36.6 Å². The number of carbonyl (C=O) groups excluding carboxylic acids is 1. The van der Waals surface area contributed by atoms with E-state index in [1.807, 2.05) is 37.5 Å². The smallest absolute Gasteiger partial charge is 0.251 e. The van der Waals surface area contributed by atoms with Crippen LogP contribution in [0.15, 0.2) is 36.7 Å². The van der Waals surface area contributed by atoms with E-state index in [2.05, 4.69) is 21.0 Å². The lowest BCUT2D eigenvalue weighted by molar-refractivity contribution is 0.0928. The lowest BCUT2D eigenvalue weighted by Crippen LogP contribution is -2.47. The molecule has 2 aliphatic rings.